The number of carbonyl (C=O) groups excluding carboxylic acids is 1. The molecule has 0 aliphatic carbocycles. The molecule has 6 heteroatoms. The molecule has 3 rings (SSSR count). The highest BCUT2D eigenvalue weighted by molar-refractivity contribution is 9.10. The number of rotatable bonds is 6. The van der Waals surface area contributed by atoms with Crippen molar-refractivity contribution in [2.24, 2.45) is 0 Å². The zero-order valence-electron chi connectivity index (χ0n) is 15.0. The molecule has 0 bridgehead atoms. The van der Waals surface area contributed by atoms with Gasteiger partial charge in [-0.3, -0.25) is 4.79 Å². The van der Waals surface area contributed by atoms with Gasteiger partial charge in [0.15, 0.2) is 6.54 Å². The summed E-state index contributed by atoms with van der Waals surface area (Å²) < 4.78 is 6.45. The third-order valence-corrected chi connectivity index (χ3v) is 4.94. The van der Waals surface area contributed by atoms with E-state index in [1.807, 2.05) is 31.3 Å². The number of morpholine rings is 1. The van der Waals surface area contributed by atoms with E-state index >= 15 is 0 Å². The molecule has 2 aromatic carbocycles. The number of anilines is 2. The summed E-state index contributed by atoms with van der Waals surface area (Å²) in [5, 5.41) is 2.99. The number of likely N-dealkylation sites (N-methyl/N-ethyl adjacent to an activating group) is 1. The van der Waals surface area contributed by atoms with Crippen LogP contribution in [0.3, 0.4) is 0 Å². The Kier molecular flexibility index (Phi) is 6.66. The number of hydrogen-bond acceptors (Lipinski definition) is 3. The fourth-order valence-electron chi connectivity index (χ4n) is 3.07. The molecule has 5 nitrogen and oxygen atoms in total. The van der Waals surface area contributed by atoms with Gasteiger partial charge in [0, 0.05) is 34.5 Å². The molecule has 1 saturated heterocycles. The molecule has 1 heterocycles. The molecule has 1 atom stereocenters. The fraction of sp³-hybridized carbons (Fsp3) is 0.350. The lowest BCUT2D eigenvalue weighted by molar-refractivity contribution is -0.885. The molecule has 0 spiro atoms. The van der Waals surface area contributed by atoms with Crippen molar-refractivity contribution in [3.63, 3.8) is 0 Å². The molecule has 26 heavy (non-hydrogen) atoms. The first-order valence-corrected chi connectivity index (χ1v) is 9.68. The van der Waals surface area contributed by atoms with Crippen LogP contribution in [0.4, 0.5) is 11.4 Å². The van der Waals surface area contributed by atoms with Crippen LogP contribution in [0.25, 0.3) is 0 Å². The summed E-state index contributed by atoms with van der Waals surface area (Å²) in [6, 6.07) is 16.3. The second kappa shape index (κ2) is 9.16. The highest BCUT2D eigenvalue weighted by Crippen LogP contribution is 2.18. The number of halogens is 1. The van der Waals surface area contributed by atoms with E-state index in [2.05, 4.69) is 50.4 Å². The summed E-state index contributed by atoms with van der Waals surface area (Å²) in [7, 11) is 2.03. The highest BCUT2D eigenvalue weighted by atomic mass is 79.9. The van der Waals surface area contributed by atoms with Crippen molar-refractivity contribution in [1.82, 2.24) is 0 Å². The average Bonchev–Trinajstić information content (AvgIpc) is 2.65. The van der Waals surface area contributed by atoms with Gasteiger partial charge in [0.05, 0.1) is 20.3 Å². The van der Waals surface area contributed by atoms with Gasteiger partial charge >= 0.3 is 0 Å². The van der Waals surface area contributed by atoms with Gasteiger partial charge in [-0.05, 0) is 36.4 Å². The van der Waals surface area contributed by atoms with Crippen LogP contribution in [0.15, 0.2) is 53.0 Å². The standard InChI is InChI=1S/C20H24BrN3O2/c1-23(14-16-2-4-17(21)5-3-16)15-20(25)22-18-6-8-19(9-7-18)24-10-12-26-13-11-24/h2-9H,10-15H2,1H3,(H,22,25)/p+1. The van der Waals surface area contributed by atoms with Crippen LogP contribution in [-0.2, 0) is 16.1 Å². The minimum Gasteiger partial charge on any atom is -0.378 e. The largest absolute Gasteiger partial charge is 0.378 e. The molecule has 2 N–H and O–H groups in total. The molecule has 0 radical (unpaired) electrons. The molecule has 2 aromatic rings. The number of quaternary nitrogens is 1. The predicted molar refractivity (Wildman–Crippen MR) is 108 cm³/mol. The molecule has 1 aliphatic heterocycles. The molecule has 138 valence electrons. The normalized spacial score (nSPS) is 15.5. The SMILES string of the molecule is C[NH+](CC(=O)Nc1ccc(N2CCOCC2)cc1)Cc1ccc(Br)cc1. The second-order valence-corrected chi connectivity index (χ2v) is 7.55. The minimum absolute atomic E-state index is 0.0266. The Morgan fingerprint density at radius 3 is 2.42 bits per heavy atom. The molecule has 0 aromatic heterocycles. The molecule has 0 saturated carbocycles. The summed E-state index contributed by atoms with van der Waals surface area (Å²) in [4.78, 5) is 15.7. The lowest BCUT2D eigenvalue weighted by atomic mass is 10.2. The van der Waals surface area contributed by atoms with E-state index in [1.165, 1.54) is 11.3 Å². The Labute approximate surface area is 163 Å². The van der Waals surface area contributed by atoms with Crippen molar-refractivity contribution >= 4 is 33.2 Å². The maximum Gasteiger partial charge on any atom is 0.279 e. The number of nitrogens with zero attached hydrogens (tertiary/aromatic N) is 1. The minimum atomic E-state index is 0.0266. The molecule has 1 fully saturated rings. The molecular weight excluding hydrogens is 394 g/mol. The molecule has 1 amide bonds. The van der Waals surface area contributed by atoms with Crippen molar-refractivity contribution in [2.45, 2.75) is 6.54 Å². The number of amides is 1. The van der Waals surface area contributed by atoms with Crippen LogP contribution in [0.2, 0.25) is 0 Å². The van der Waals surface area contributed by atoms with Gasteiger partial charge in [-0.15, -0.1) is 0 Å². The third-order valence-electron chi connectivity index (χ3n) is 4.41. The third kappa shape index (κ3) is 5.56. The van der Waals surface area contributed by atoms with Gasteiger partial charge in [-0.25, -0.2) is 0 Å². The van der Waals surface area contributed by atoms with Gasteiger partial charge in [-0.1, -0.05) is 28.1 Å². The van der Waals surface area contributed by atoms with Crippen LogP contribution >= 0.6 is 15.9 Å². The van der Waals surface area contributed by atoms with Gasteiger partial charge in [-0.2, -0.15) is 0 Å². The Hall–Kier alpha value is -1.89. The lowest BCUT2D eigenvalue weighted by Gasteiger charge is -2.28. The number of ether oxygens (including phenoxy) is 1. The van der Waals surface area contributed by atoms with E-state index in [1.54, 1.807) is 0 Å². The number of hydrogen-bond donors (Lipinski definition) is 2. The first-order chi connectivity index (χ1) is 12.6. The summed E-state index contributed by atoms with van der Waals surface area (Å²) in [6.45, 7) is 4.61. The summed E-state index contributed by atoms with van der Waals surface area (Å²) in [5.41, 5.74) is 3.22. The Morgan fingerprint density at radius 1 is 1.12 bits per heavy atom. The van der Waals surface area contributed by atoms with Crippen LogP contribution in [0.5, 0.6) is 0 Å². The van der Waals surface area contributed by atoms with Crippen molar-refractivity contribution in [2.75, 3.05) is 50.1 Å². The van der Waals surface area contributed by atoms with E-state index in [9.17, 15) is 4.79 Å². The van der Waals surface area contributed by atoms with E-state index in [-0.39, 0.29) is 5.91 Å². The predicted octanol–water partition coefficient (Wildman–Crippen LogP) is 1.94. The number of benzene rings is 2. The van der Waals surface area contributed by atoms with E-state index < -0.39 is 0 Å². The number of nitrogens with one attached hydrogen (secondary N) is 2. The van der Waals surface area contributed by atoms with Crippen LogP contribution in [0, 0.1) is 0 Å². The van der Waals surface area contributed by atoms with Crippen molar-refractivity contribution in [3.8, 4) is 0 Å². The van der Waals surface area contributed by atoms with Crippen molar-refractivity contribution in [3.05, 3.63) is 58.6 Å². The Bertz CT molecular complexity index is 713. The van der Waals surface area contributed by atoms with Crippen LogP contribution in [-0.4, -0.2) is 45.8 Å². The monoisotopic (exact) mass is 418 g/mol. The Balaban J connectivity index is 1.48. The summed E-state index contributed by atoms with van der Waals surface area (Å²) >= 11 is 3.44. The van der Waals surface area contributed by atoms with Gasteiger partial charge < -0.3 is 19.9 Å². The van der Waals surface area contributed by atoms with Crippen molar-refractivity contribution < 1.29 is 14.4 Å². The Morgan fingerprint density at radius 2 is 1.77 bits per heavy atom. The average molecular weight is 419 g/mol. The van der Waals surface area contributed by atoms with Gasteiger partial charge in [0.2, 0.25) is 0 Å². The van der Waals surface area contributed by atoms with Crippen LogP contribution < -0.4 is 15.1 Å². The van der Waals surface area contributed by atoms with E-state index in [0.717, 1.165) is 47.9 Å². The van der Waals surface area contributed by atoms with Crippen molar-refractivity contribution in [1.29, 1.82) is 0 Å². The highest BCUT2D eigenvalue weighted by Gasteiger charge is 2.13. The molecule has 1 aliphatic rings. The summed E-state index contributed by atoms with van der Waals surface area (Å²) in [5.74, 6) is 0.0266. The zero-order valence-corrected chi connectivity index (χ0v) is 16.6. The first-order valence-electron chi connectivity index (χ1n) is 8.88. The zero-order chi connectivity index (χ0) is 18.4. The van der Waals surface area contributed by atoms with E-state index in [4.69, 9.17) is 4.74 Å². The smallest absolute Gasteiger partial charge is 0.279 e. The molecular formula is C20H25BrN3O2+. The topological polar surface area (TPSA) is 46.0 Å². The van der Waals surface area contributed by atoms with Crippen LogP contribution in [0.1, 0.15) is 5.56 Å². The first kappa shape index (κ1) is 18.9. The second-order valence-electron chi connectivity index (χ2n) is 6.63. The molecule has 1 unspecified atom stereocenters. The maximum absolute atomic E-state index is 12.3. The van der Waals surface area contributed by atoms with Gasteiger partial charge in [0.1, 0.15) is 6.54 Å². The number of carbonyl (C=O) groups is 1. The quantitative estimate of drug-likeness (QED) is 0.753. The maximum atomic E-state index is 12.3. The van der Waals surface area contributed by atoms with Gasteiger partial charge in [0.25, 0.3) is 5.91 Å². The fourth-order valence-corrected chi connectivity index (χ4v) is 3.33. The lowest BCUT2D eigenvalue weighted by Crippen LogP contribution is -3.08. The van der Waals surface area contributed by atoms with E-state index in [0.29, 0.717) is 6.54 Å². The summed E-state index contributed by atoms with van der Waals surface area (Å²) in [6.07, 6.45) is 0.